The number of aliphatic imine (C=N–C) groups is 1. The van der Waals surface area contributed by atoms with Crippen LogP contribution in [0.25, 0.3) is 0 Å². The van der Waals surface area contributed by atoms with Crippen molar-refractivity contribution in [2.24, 2.45) is 4.99 Å². The average Bonchev–Trinajstić information content (AvgIpc) is 2.58. The van der Waals surface area contributed by atoms with Gasteiger partial charge in [-0.3, -0.25) is 9.98 Å². The highest BCUT2D eigenvalue weighted by Crippen LogP contribution is 2.17. The molecule has 1 heterocycles. The molecule has 0 saturated carbocycles. The Hall–Kier alpha value is -2.56. The number of ether oxygens (including phenoxy) is 1. The quantitative estimate of drug-likeness (QED) is 0.635. The van der Waals surface area contributed by atoms with Gasteiger partial charge in [-0.15, -0.1) is 0 Å². The lowest BCUT2D eigenvalue weighted by Crippen LogP contribution is -2.38. The number of nitrogens with one attached hydrogen (secondary N) is 2. The molecular weight excluding hydrogens is 288 g/mol. The van der Waals surface area contributed by atoms with Crippen molar-refractivity contribution in [1.29, 1.82) is 0 Å². The molecule has 0 radical (unpaired) electrons. The van der Waals surface area contributed by atoms with Crippen molar-refractivity contribution in [3.8, 4) is 5.75 Å². The van der Waals surface area contributed by atoms with E-state index in [4.69, 9.17) is 4.74 Å². The fraction of sp³-hybridized carbons (Fsp3) is 0.333. The minimum Gasteiger partial charge on any atom is -0.496 e. The zero-order valence-electron chi connectivity index (χ0n) is 14.0. The number of methoxy groups -OCH3 is 1. The molecular formula is C18H24N4O. The maximum absolute atomic E-state index is 5.36. The van der Waals surface area contributed by atoms with Crippen LogP contribution in [0.1, 0.15) is 17.0 Å². The van der Waals surface area contributed by atoms with Gasteiger partial charge in [0.05, 0.1) is 19.3 Å². The Morgan fingerprint density at radius 1 is 1.13 bits per heavy atom. The molecule has 0 bridgehead atoms. The molecule has 0 fully saturated rings. The number of aromatic nitrogens is 1. The molecule has 2 aromatic rings. The Morgan fingerprint density at radius 3 is 2.70 bits per heavy atom. The van der Waals surface area contributed by atoms with Gasteiger partial charge in [0.25, 0.3) is 0 Å². The molecule has 0 atom stereocenters. The summed E-state index contributed by atoms with van der Waals surface area (Å²) in [5, 5.41) is 6.58. The summed E-state index contributed by atoms with van der Waals surface area (Å²) >= 11 is 0. The summed E-state index contributed by atoms with van der Waals surface area (Å²) in [4.78, 5) is 8.70. The Morgan fingerprint density at radius 2 is 1.96 bits per heavy atom. The molecule has 0 aliphatic heterocycles. The van der Waals surface area contributed by atoms with Crippen LogP contribution in [0.5, 0.6) is 5.75 Å². The van der Waals surface area contributed by atoms with Crippen molar-refractivity contribution in [2.45, 2.75) is 19.9 Å². The number of pyridine rings is 1. The molecule has 0 spiro atoms. The zero-order chi connectivity index (χ0) is 16.5. The van der Waals surface area contributed by atoms with E-state index in [1.165, 1.54) is 5.56 Å². The number of hydrogen-bond acceptors (Lipinski definition) is 3. The van der Waals surface area contributed by atoms with E-state index in [2.05, 4.69) is 26.7 Å². The highest BCUT2D eigenvalue weighted by atomic mass is 16.5. The summed E-state index contributed by atoms with van der Waals surface area (Å²) < 4.78 is 5.36. The second-order valence-corrected chi connectivity index (χ2v) is 5.18. The van der Waals surface area contributed by atoms with E-state index in [1.807, 2.05) is 43.3 Å². The first-order valence-electron chi connectivity index (χ1n) is 7.72. The van der Waals surface area contributed by atoms with Crippen LogP contribution in [-0.4, -0.2) is 31.6 Å². The highest BCUT2D eigenvalue weighted by Gasteiger charge is 2.03. The van der Waals surface area contributed by atoms with E-state index in [9.17, 15) is 0 Å². The number of aryl methyl sites for hydroxylation is 1. The Bertz CT molecular complexity index is 655. The molecule has 0 amide bonds. The molecule has 0 unspecified atom stereocenters. The third kappa shape index (κ3) is 5.29. The highest BCUT2D eigenvalue weighted by molar-refractivity contribution is 5.79. The van der Waals surface area contributed by atoms with Crippen LogP contribution in [0.15, 0.2) is 47.5 Å². The summed E-state index contributed by atoms with van der Waals surface area (Å²) in [5.41, 5.74) is 3.19. The molecule has 122 valence electrons. The van der Waals surface area contributed by atoms with Crippen LogP contribution in [-0.2, 0) is 13.0 Å². The van der Waals surface area contributed by atoms with Gasteiger partial charge in [-0.25, -0.2) is 0 Å². The first kappa shape index (κ1) is 16.8. The normalized spacial score (nSPS) is 11.2. The minimum absolute atomic E-state index is 0.649. The van der Waals surface area contributed by atoms with Crippen molar-refractivity contribution in [3.05, 3.63) is 59.4 Å². The monoisotopic (exact) mass is 312 g/mol. The maximum atomic E-state index is 5.36. The number of benzene rings is 1. The van der Waals surface area contributed by atoms with Crippen molar-refractivity contribution >= 4 is 5.96 Å². The minimum atomic E-state index is 0.649. The van der Waals surface area contributed by atoms with E-state index >= 15 is 0 Å². The summed E-state index contributed by atoms with van der Waals surface area (Å²) in [5.74, 6) is 1.68. The van der Waals surface area contributed by atoms with Gasteiger partial charge >= 0.3 is 0 Å². The van der Waals surface area contributed by atoms with E-state index in [0.717, 1.165) is 36.1 Å². The van der Waals surface area contributed by atoms with E-state index < -0.39 is 0 Å². The fourth-order valence-corrected chi connectivity index (χ4v) is 2.32. The Kier molecular flexibility index (Phi) is 6.41. The first-order chi connectivity index (χ1) is 11.2. The average molecular weight is 312 g/mol. The third-order valence-electron chi connectivity index (χ3n) is 3.49. The molecule has 5 heteroatoms. The van der Waals surface area contributed by atoms with Crippen LogP contribution >= 0.6 is 0 Å². The van der Waals surface area contributed by atoms with Crippen LogP contribution < -0.4 is 15.4 Å². The van der Waals surface area contributed by atoms with Crippen molar-refractivity contribution in [2.75, 3.05) is 20.7 Å². The SMILES string of the molecule is CN=C(NCCc1ccccc1OC)NCc1cccc(C)n1. The van der Waals surface area contributed by atoms with E-state index in [0.29, 0.717) is 6.54 Å². The van der Waals surface area contributed by atoms with Crippen molar-refractivity contribution in [3.63, 3.8) is 0 Å². The molecule has 2 N–H and O–H groups in total. The largest absolute Gasteiger partial charge is 0.496 e. The molecule has 1 aromatic heterocycles. The summed E-state index contributed by atoms with van der Waals surface area (Å²) in [6, 6.07) is 14.1. The summed E-state index contributed by atoms with van der Waals surface area (Å²) in [6.07, 6.45) is 0.868. The van der Waals surface area contributed by atoms with Gasteiger partial charge in [0.2, 0.25) is 0 Å². The van der Waals surface area contributed by atoms with Crippen molar-refractivity contribution in [1.82, 2.24) is 15.6 Å². The lowest BCUT2D eigenvalue weighted by atomic mass is 10.1. The van der Waals surface area contributed by atoms with Gasteiger partial charge < -0.3 is 15.4 Å². The van der Waals surface area contributed by atoms with Crippen LogP contribution in [0, 0.1) is 6.92 Å². The van der Waals surface area contributed by atoms with Crippen molar-refractivity contribution < 1.29 is 4.74 Å². The smallest absolute Gasteiger partial charge is 0.191 e. The number of rotatable bonds is 6. The first-order valence-corrected chi connectivity index (χ1v) is 7.72. The number of para-hydroxylation sites is 1. The lowest BCUT2D eigenvalue weighted by Gasteiger charge is -2.13. The van der Waals surface area contributed by atoms with Crippen LogP contribution in [0.2, 0.25) is 0 Å². The van der Waals surface area contributed by atoms with Gasteiger partial charge in [-0.1, -0.05) is 24.3 Å². The van der Waals surface area contributed by atoms with Gasteiger partial charge in [-0.2, -0.15) is 0 Å². The molecule has 0 aliphatic carbocycles. The summed E-state index contributed by atoms with van der Waals surface area (Å²) in [7, 11) is 3.46. The molecule has 2 rings (SSSR count). The summed E-state index contributed by atoms with van der Waals surface area (Å²) in [6.45, 7) is 3.42. The van der Waals surface area contributed by atoms with E-state index in [1.54, 1.807) is 14.2 Å². The predicted octanol–water partition coefficient (Wildman–Crippen LogP) is 2.31. The molecule has 0 saturated heterocycles. The number of nitrogens with zero attached hydrogens (tertiary/aromatic N) is 2. The predicted molar refractivity (Wildman–Crippen MR) is 93.9 cm³/mol. The second kappa shape index (κ2) is 8.78. The zero-order valence-corrected chi connectivity index (χ0v) is 14.0. The number of hydrogen-bond donors (Lipinski definition) is 2. The van der Waals surface area contributed by atoms with Gasteiger partial charge in [0, 0.05) is 19.3 Å². The molecule has 0 aliphatic rings. The molecule has 23 heavy (non-hydrogen) atoms. The van der Waals surface area contributed by atoms with E-state index in [-0.39, 0.29) is 0 Å². The van der Waals surface area contributed by atoms with Gasteiger partial charge in [0.15, 0.2) is 5.96 Å². The third-order valence-corrected chi connectivity index (χ3v) is 3.49. The number of guanidine groups is 1. The molecule has 1 aromatic carbocycles. The molecule has 5 nitrogen and oxygen atoms in total. The topological polar surface area (TPSA) is 58.5 Å². The maximum Gasteiger partial charge on any atom is 0.191 e. The Balaban J connectivity index is 1.81. The second-order valence-electron chi connectivity index (χ2n) is 5.18. The lowest BCUT2D eigenvalue weighted by molar-refractivity contribution is 0.409. The standard InChI is InChI=1S/C18H24N4O/c1-14-7-6-9-16(22-14)13-21-18(19-2)20-12-11-15-8-4-5-10-17(15)23-3/h4-10H,11-13H2,1-3H3,(H2,19,20,21). The van der Waals surface area contributed by atoms with Crippen LogP contribution in [0.4, 0.5) is 0 Å². The van der Waals surface area contributed by atoms with Gasteiger partial charge in [-0.05, 0) is 37.1 Å². The van der Waals surface area contributed by atoms with Crippen LogP contribution in [0.3, 0.4) is 0 Å². The van der Waals surface area contributed by atoms with Gasteiger partial charge in [0.1, 0.15) is 5.75 Å². The fourth-order valence-electron chi connectivity index (χ4n) is 2.32. The Labute approximate surface area is 137 Å².